The standard InChI is InChI=1S/C26H24ClN7O2/c1-3-33-25-23(24(28)29-15-30-25)21(32-33)11-7-18-14-20(10-4-16(18)2)31-26(35)34-22(12-13-36-34)17-5-8-19(27)9-6-17/h4-6,8-10,14-15,22H,3,12-13H2,1-2H3,(H,31,35)(H2,28,29,30)/t22-/m1/s1. The lowest BCUT2D eigenvalue weighted by Gasteiger charge is -2.23. The second kappa shape index (κ2) is 9.85. The van der Waals surface area contributed by atoms with Crippen molar-refractivity contribution in [3.8, 4) is 11.8 Å². The van der Waals surface area contributed by atoms with Crippen molar-refractivity contribution >= 4 is 40.2 Å². The summed E-state index contributed by atoms with van der Waals surface area (Å²) >= 11 is 6.01. The van der Waals surface area contributed by atoms with Crippen LogP contribution in [0.1, 0.15) is 41.8 Å². The number of hydroxylamine groups is 2. The Bertz CT molecular complexity index is 1500. The van der Waals surface area contributed by atoms with Gasteiger partial charge in [-0.05, 0) is 55.2 Å². The number of benzene rings is 2. The van der Waals surface area contributed by atoms with Gasteiger partial charge in [0.05, 0.1) is 18.0 Å². The third-order valence-corrected chi connectivity index (χ3v) is 6.27. The number of anilines is 2. The summed E-state index contributed by atoms with van der Waals surface area (Å²) in [7, 11) is 0. The molecule has 2 aromatic carbocycles. The van der Waals surface area contributed by atoms with Gasteiger partial charge >= 0.3 is 6.03 Å². The molecule has 3 N–H and O–H groups in total. The molecule has 3 heterocycles. The number of hydrogen-bond donors (Lipinski definition) is 2. The minimum Gasteiger partial charge on any atom is -0.383 e. The normalized spacial score (nSPS) is 15.1. The van der Waals surface area contributed by atoms with Crippen LogP contribution >= 0.6 is 11.6 Å². The van der Waals surface area contributed by atoms with Gasteiger partial charge in [0, 0.05) is 29.2 Å². The maximum Gasteiger partial charge on any atom is 0.346 e. The predicted molar refractivity (Wildman–Crippen MR) is 138 cm³/mol. The summed E-state index contributed by atoms with van der Waals surface area (Å²) < 4.78 is 1.74. The Morgan fingerprint density at radius 2 is 2.03 bits per heavy atom. The molecule has 182 valence electrons. The Hall–Kier alpha value is -4.13. The molecule has 2 aromatic heterocycles. The van der Waals surface area contributed by atoms with Crippen LogP contribution < -0.4 is 11.1 Å². The molecule has 5 rings (SSSR count). The van der Waals surface area contributed by atoms with Crippen LogP contribution in [-0.2, 0) is 11.4 Å². The van der Waals surface area contributed by atoms with Crippen molar-refractivity contribution in [2.24, 2.45) is 0 Å². The fourth-order valence-electron chi connectivity index (χ4n) is 4.13. The van der Waals surface area contributed by atoms with Crippen LogP contribution in [0.5, 0.6) is 0 Å². The number of fused-ring (bicyclic) bond motifs is 1. The average Bonchev–Trinajstić information content (AvgIpc) is 3.51. The molecule has 1 fully saturated rings. The number of aromatic nitrogens is 4. The number of carbonyl (C=O) groups excluding carboxylic acids is 1. The maximum absolute atomic E-state index is 13.0. The van der Waals surface area contributed by atoms with Crippen molar-refractivity contribution in [2.45, 2.75) is 32.9 Å². The zero-order valence-corrected chi connectivity index (χ0v) is 20.6. The lowest BCUT2D eigenvalue weighted by atomic mass is 10.1. The second-order valence-corrected chi connectivity index (χ2v) is 8.78. The number of urea groups is 1. The quantitative estimate of drug-likeness (QED) is 0.393. The molecule has 1 saturated heterocycles. The van der Waals surface area contributed by atoms with Crippen LogP contribution in [0.3, 0.4) is 0 Å². The number of nitrogens with two attached hydrogens (primary N) is 1. The summed E-state index contributed by atoms with van der Waals surface area (Å²) in [6.07, 6.45) is 2.12. The van der Waals surface area contributed by atoms with E-state index in [0.29, 0.717) is 52.8 Å². The van der Waals surface area contributed by atoms with Gasteiger partial charge in [0.25, 0.3) is 0 Å². The van der Waals surface area contributed by atoms with Gasteiger partial charge in [-0.1, -0.05) is 35.7 Å². The second-order valence-electron chi connectivity index (χ2n) is 8.35. The lowest BCUT2D eigenvalue weighted by molar-refractivity contribution is -0.0829. The van der Waals surface area contributed by atoms with Crippen molar-refractivity contribution in [1.29, 1.82) is 0 Å². The van der Waals surface area contributed by atoms with Gasteiger partial charge in [-0.3, -0.25) is 4.84 Å². The van der Waals surface area contributed by atoms with Gasteiger partial charge in [-0.2, -0.15) is 10.2 Å². The topological polar surface area (TPSA) is 111 Å². The Kier molecular flexibility index (Phi) is 6.46. The van der Waals surface area contributed by atoms with E-state index in [-0.39, 0.29) is 12.1 Å². The summed E-state index contributed by atoms with van der Waals surface area (Å²) in [5.41, 5.74) is 10.5. The van der Waals surface area contributed by atoms with Crippen LogP contribution in [0.25, 0.3) is 11.0 Å². The molecule has 0 saturated carbocycles. The minimum absolute atomic E-state index is 0.193. The molecule has 0 bridgehead atoms. The average molecular weight is 502 g/mol. The SMILES string of the molecule is CCn1nc(C#Cc2cc(NC(=O)N3OCC[C@@H]3c3ccc(Cl)cc3)ccc2C)c2c(N)ncnc21. The summed E-state index contributed by atoms with van der Waals surface area (Å²) in [4.78, 5) is 27.1. The predicted octanol–water partition coefficient (Wildman–Crippen LogP) is 4.70. The number of halogens is 1. The van der Waals surface area contributed by atoms with Crippen molar-refractivity contribution in [2.75, 3.05) is 17.7 Å². The summed E-state index contributed by atoms with van der Waals surface area (Å²) in [6, 6.07) is 12.4. The molecule has 1 atom stereocenters. The Balaban J connectivity index is 1.39. The number of nitrogen functional groups attached to an aromatic ring is 1. The van der Waals surface area contributed by atoms with Crippen molar-refractivity contribution < 1.29 is 9.63 Å². The fraction of sp³-hybridized carbons (Fsp3) is 0.231. The zero-order chi connectivity index (χ0) is 25.2. The third kappa shape index (κ3) is 4.56. The van der Waals surface area contributed by atoms with Crippen LogP contribution in [0.4, 0.5) is 16.3 Å². The molecular formula is C26H24ClN7O2. The third-order valence-electron chi connectivity index (χ3n) is 6.02. The number of nitrogens with zero attached hydrogens (tertiary/aromatic N) is 5. The van der Waals surface area contributed by atoms with Crippen molar-refractivity contribution in [3.63, 3.8) is 0 Å². The Labute approximate surface area is 213 Å². The van der Waals surface area contributed by atoms with E-state index in [4.69, 9.17) is 22.2 Å². The molecule has 0 aliphatic carbocycles. The van der Waals surface area contributed by atoms with E-state index in [1.807, 2.05) is 56.3 Å². The maximum atomic E-state index is 13.0. The number of aryl methyl sites for hydroxylation is 2. The molecular weight excluding hydrogens is 478 g/mol. The highest BCUT2D eigenvalue weighted by molar-refractivity contribution is 6.30. The largest absolute Gasteiger partial charge is 0.383 e. The smallest absolute Gasteiger partial charge is 0.346 e. The van der Waals surface area contributed by atoms with E-state index in [2.05, 4.69) is 32.2 Å². The van der Waals surface area contributed by atoms with Gasteiger partial charge in [-0.25, -0.2) is 19.4 Å². The Morgan fingerprint density at radius 3 is 2.81 bits per heavy atom. The number of carbonyl (C=O) groups is 1. The Morgan fingerprint density at radius 1 is 1.22 bits per heavy atom. The van der Waals surface area contributed by atoms with Gasteiger partial charge in [0.1, 0.15) is 17.8 Å². The van der Waals surface area contributed by atoms with Gasteiger partial charge < -0.3 is 11.1 Å². The first-order valence-electron chi connectivity index (χ1n) is 11.5. The molecule has 4 aromatic rings. The number of rotatable bonds is 3. The van der Waals surface area contributed by atoms with Crippen LogP contribution in [-0.4, -0.2) is 37.4 Å². The first-order chi connectivity index (χ1) is 17.4. The van der Waals surface area contributed by atoms with Crippen molar-refractivity contribution in [3.05, 3.63) is 76.2 Å². The van der Waals surface area contributed by atoms with Crippen molar-refractivity contribution in [1.82, 2.24) is 24.8 Å². The summed E-state index contributed by atoms with van der Waals surface area (Å²) in [6.45, 7) is 5.01. The molecule has 2 amide bonds. The monoisotopic (exact) mass is 501 g/mol. The van der Waals surface area contributed by atoms with E-state index in [1.165, 1.54) is 11.4 Å². The molecule has 1 aliphatic heterocycles. The summed E-state index contributed by atoms with van der Waals surface area (Å²) in [5, 5.41) is 10.1. The van der Waals surface area contributed by atoms with Crippen LogP contribution in [0.15, 0.2) is 48.8 Å². The van der Waals surface area contributed by atoms with Gasteiger partial charge in [0.15, 0.2) is 5.65 Å². The summed E-state index contributed by atoms with van der Waals surface area (Å²) in [5.74, 6) is 6.61. The van der Waals surface area contributed by atoms with E-state index in [0.717, 1.165) is 16.7 Å². The van der Waals surface area contributed by atoms with Gasteiger partial charge in [-0.15, -0.1) is 0 Å². The minimum atomic E-state index is -0.354. The van der Waals surface area contributed by atoms with E-state index in [9.17, 15) is 4.79 Å². The highest BCUT2D eigenvalue weighted by Gasteiger charge is 2.32. The number of amides is 2. The van der Waals surface area contributed by atoms with E-state index in [1.54, 1.807) is 4.68 Å². The van der Waals surface area contributed by atoms with Gasteiger partial charge in [0.2, 0.25) is 0 Å². The van der Waals surface area contributed by atoms with Crippen LogP contribution in [0, 0.1) is 18.8 Å². The van der Waals surface area contributed by atoms with Crippen LogP contribution in [0.2, 0.25) is 5.02 Å². The lowest BCUT2D eigenvalue weighted by Crippen LogP contribution is -2.33. The first-order valence-corrected chi connectivity index (χ1v) is 11.9. The molecule has 0 radical (unpaired) electrons. The molecule has 36 heavy (non-hydrogen) atoms. The molecule has 0 unspecified atom stereocenters. The molecule has 1 aliphatic rings. The highest BCUT2D eigenvalue weighted by atomic mass is 35.5. The number of nitrogens with one attached hydrogen (secondary N) is 1. The van der Waals surface area contributed by atoms with E-state index < -0.39 is 0 Å². The molecule has 9 nitrogen and oxygen atoms in total. The molecule has 10 heteroatoms. The van der Waals surface area contributed by atoms with E-state index >= 15 is 0 Å². The first kappa shape index (κ1) is 23.6. The highest BCUT2D eigenvalue weighted by Crippen LogP contribution is 2.31. The molecule has 0 spiro atoms. The zero-order valence-electron chi connectivity index (χ0n) is 19.8. The number of hydrogen-bond acceptors (Lipinski definition) is 6. The fourth-order valence-corrected chi connectivity index (χ4v) is 4.26.